The van der Waals surface area contributed by atoms with Crippen molar-refractivity contribution in [1.29, 1.82) is 0 Å². The Balaban J connectivity index is 2.00. The van der Waals surface area contributed by atoms with Crippen LogP contribution in [0.15, 0.2) is 18.2 Å². The van der Waals surface area contributed by atoms with Crippen molar-refractivity contribution < 1.29 is 4.79 Å². The van der Waals surface area contributed by atoms with Crippen molar-refractivity contribution in [1.82, 2.24) is 0 Å². The first-order valence-electron chi connectivity index (χ1n) is 6.31. The Hall–Kier alpha value is -1.02. The number of aryl methyl sites for hydroxylation is 1. The molecule has 1 atom stereocenters. The molecule has 3 rings (SSSR count). The van der Waals surface area contributed by atoms with Gasteiger partial charge in [-0.1, -0.05) is 12.1 Å². The van der Waals surface area contributed by atoms with Gasteiger partial charge in [0, 0.05) is 18.7 Å². The Bertz CT molecular complexity index is 458. The standard InChI is InChI=1S/C14H16ClNO/c15-11-8-14(17)16(9-11)13-7-3-5-10-4-1-2-6-12(10)13/h3,5,7,11H,1-2,4,6,8-9H2. The summed E-state index contributed by atoms with van der Waals surface area (Å²) in [5.41, 5.74) is 3.90. The summed E-state index contributed by atoms with van der Waals surface area (Å²) in [5, 5.41) is -0.0260. The van der Waals surface area contributed by atoms with Crippen LogP contribution < -0.4 is 4.90 Å². The lowest BCUT2D eigenvalue weighted by Gasteiger charge is -2.24. The number of fused-ring (bicyclic) bond motifs is 1. The maximum atomic E-state index is 11.9. The number of rotatable bonds is 1. The van der Waals surface area contributed by atoms with E-state index < -0.39 is 0 Å². The molecule has 2 nitrogen and oxygen atoms in total. The van der Waals surface area contributed by atoms with E-state index in [1.165, 1.54) is 24.0 Å². The monoisotopic (exact) mass is 249 g/mol. The minimum atomic E-state index is -0.0260. The number of hydrogen-bond acceptors (Lipinski definition) is 1. The van der Waals surface area contributed by atoms with E-state index in [2.05, 4.69) is 18.2 Å². The van der Waals surface area contributed by atoms with Gasteiger partial charge in [0.25, 0.3) is 0 Å². The Morgan fingerprint density at radius 1 is 1.24 bits per heavy atom. The molecule has 90 valence electrons. The summed E-state index contributed by atoms with van der Waals surface area (Å²) in [5.74, 6) is 0.170. The van der Waals surface area contributed by atoms with E-state index in [9.17, 15) is 4.79 Å². The highest BCUT2D eigenvalue weighted by molar-refractivity contribution is 6.24. The van der Waals surface area contributed by atoms with Gasteiger partial charge in [0.05, 0.1) is 5.38 Å². The van der Waals surface area contributed by atoms with E-state index in [-0.39, 0.29) is 11.3 Å². The summed E-state index contributed by atoms with van der Waals surface area (Å²) in [6.07, 6.45) is 5.22. The Morgan fingerprint density at radius 2 is 2.06 bits per heavy atom. The molecule has 0 aromatic heterocycles. The number of alkyl halides is 1. The molecule has 2 aliphatic rings. The molecule has 3 heteroatoms. The van der Waals surface area contributed by atoms with Crippen molar-refractivity contribution in [3.8, 4) is 0 Å². The summed E-state index contributed by atoms with van der Waals surface area (Å²) >= 11 is 6.07. The molecule has 1 amide bonds. The normalized spacial score (nSPS) is 23.9. The number of hydrogen-bond donors (Lipinski definition) is 0. The molecule has 1 unspecified atom stereocenters. The molecule has 0 saturated carbocycles. The second-order valence-electron chi connectivity index (χ2n) is 4.93. The van der Waals surface area contributed by atoms with E-state index in [1.54, 1.807) is 0 Å². The lowest BCUT2D eigenvalue weighted by atomic mass is 9.90. The van der Waals surface area contributed by atoms with Gasteiger partial charge in [-0.25, -0.2) is 0 Å². The highest BCUT2D eigenvalue weighted by Gasteiger charge is 2.31. The van der Waals surface area contributed by atoms with Gasteiger partial charge < -0.3 is 4.90 Å². The summed E-state index contributed by atoms with van der Waals surface area (Å²) in [7, 11) is 0. The van der Waals surface area contributed by atoms with Crippen LogP contribution in [0.25, 0.3) is 0 Å². The first-order valence-corrected chi connectivity index (χ1v) is 6.74. The van der Waals surface area contributed by atoms with Gasteiger partial charge >= 0.3 is 0 Å². The largest absolute Gasteiger partial charge is 0.311 e. The van der Waals surface area contributed by atoms with E-state index in [0.29, 0.717) is 13.0 Å². The van der Waals surface area contributed by atoms with Crippen LogP contribution in [0.5, 0.6) is 0 Å². The molecule has 1 heterocycles. The van der Waals surface area contributed by atoms with Crippen LogP contribution in [0.3, 0.4) is 0 Å². The average molecular weight is 250 g/mol. The smallest absolute Gasteiger partial charge is 0.228 e. The van der Waals surface area contributed by atoms with E-state index in [4.69, 9.17) is 11.6 Å². The number of carbonyl (C=O) groups is 1. The second kappa shape index (κ2) is 4.34. The molecule has 0 bridgehead atoms. The molecule has 1 saturated heterocycles. The average Bonchev–Trinajstić information content (AvgIpc) is 2.68. The predicted molar refractivity (Wildman–Crippen MR) is 69.7 cm³/mol. The van der Waals surface area contributed by atoms with Crippen molar-refractivity contribution in [3.05, 3.63) is 29.3 Å². The zero-order chi connectivity index (χ0) is 11.8. The SMILES string of the molecule is O=C1CC(Cl)CN1c1cccc2c1CCCC2. The van der Waals surface area contributed by atoms with Gasteiger partial charge in [-0.2, -0.15) is 0 Å². The summed E-state index contributed by atoms with van der Waals surface area (Å²) in [6, 6.07) is 6.32. The predicted octanol–water partition coefficient (Wildman–Crippen LogP) is 2.91. The zero-order valence-electron chi connectivity index (χ0n) is 9.79. The number of halogens is 1. The van der Waals surface area contributed by atoms with E-state index in [0.717, 1.165) is 18.5 Å². The molecule has 0 N–H and O–H groups in total. The fraction of sp³-hybridized carbons (Fsp3) is 0.500. The fourth-order valence-corrected chi connectivity index (χ4v) is 3.18. The summed E-state index contributed by atoms with van der Waals surface area (Å²) < 4.78 is 0. The number of nitrogens with zero attached hydrogens (tertiary/aromatic N) is 1. The van der Waals surface area contributed by atoms with Crippen molar-refractivity contribution in [2.24, 2.45) is 0 Å². The van der Waals surface area contributed by atoms with Gasteiger partial charge in [0.15, 0.2) is 0 Å². The molecule has 1 aliphatic carbocycles. The van der Waals surface area contributed by atoms with Crippen LogP contribution in [-0.4, -0.2) is 17.8 Å². The van der Waals surface area contributed by atoms with Crippen LogP contribution in [0.4, 0.5) is 5.69 Å². The van der Waals surface area contributed by atoms with Gasteiger partial charge in [-0.05, 0) is 42.9 Å². The molecule has 17 heavy (non-hydrogen) atoms. The third-order valence-corrected chi connectivity index (χ3v) is 4.03. The minimum absolute atomic E-state index is 0.0260. The van der Waals surface area contributed by atoms with Crippen LogP contribution in [0.1, 0.15) is 30.4 Å². The number of anilines is 1. The van der Waals surface area contributed by atoms with Crippen molar-refractivity contribution >= 4 is 23.2 Å². The van der Waals surface area contributed by atoms with Crippen molar-refractivity contribution in [3.63, 3.8) is 0 Å². The fourth-order valence-electron chi connectivity index (χ4n) is 2.91. The number of amides is 1. The maximum Gasteiger partial charge on any atom is 0.228 e. The summed E-state index contributed by atoms with van der Waals surface area (Å²) in [4.78, 5) is 13.8. The van der Waals surface area contributed by atoms with E-state index in [1.807, 2.05) is 4.90 Å². The van der Waals surface area contributed by atoms with Crippen LogP contribution in [-0.2, 0) is 17.6 Å². The Labute approximate surface area is 107 Å². The lowest BCUT2D eigenvalue weighted by molar-refractivity contribution is -0.117. The van der Waals surface area contributed by atoms with Crippen LogP contribution >= 0.6 is 11.6 Å². The molecular formula is C14H16ClNO. The molecule has 1 aromatic carbocycles. The molecule has 0 spiro atoms. The highest BCUT2D eigenvalue weighted by Crippen LogP contribution is 2.33. The van der Waals surface area contributed by atoms with Crippen molar-refractivity contribution in [2.75, 3.05) is 11.4 Å². The Morgan fingerprint density at radius 3 is 2.82 bits per heavy atom. The van der Waals surface area contributed by atoms with Gasteiger partial charge in [0.1, 0.15) is 0 Å². The van der Waals surface area contributed by atoms with Crippen LogP contribution in [0, 0.1) is 0 Å². The summed E-state index contributed by atoms with van der Waals surface area (Å²) in [6.45, 7) is 0.664. The van der Waals surface area contributed by atoms with Crippen LogP contribution in [0.2, 0.25) is 0 Å². The molecular weight excluding hydrogens is 234 g/mol. The first kappa shape index (κ1) is 11.1. The third kappa shape index (κ3) is 1.95. The Kier molecular flexibility index (Phi) is 2.83. The van der Waals surface area contributed by atoms with Gasteiger partial charge in [-0.15, -0.1) is 11.6 Å². The quantitative estimate of drug-likeness (QED) is 0.701. The topological polar surface area (TPSA) is 20.3 Å². The van der Waals surface area contributed by atoms with Gasteiger partial charge in [0.2, 0.25) is 5.91 Å². The molecule has 0 radical (unpaired) electrons. The molecule has 1 aromatic rings. The second-order valence-corrected chi connectivity index (χ2v) is 5.54. The molecule has 1 fully saturated rings. The first-order chi connectivity index (χ1) is 8.25. The minimum Gasteiger partial charge on any atom is -0.311 e. The number of benzene rings is 1. The van der Waals surface area contributed by atoms with Gasteiger partial charge in [-0.3, -0.25) is 4.79 Å². The lowest BCUT2D eigenvalue weighted by Crippen LogP contribution is -2.26. The zero-order valence-corrected chi connectivity index (χ0v) is 10.5. The maximum absolute atomic E-state index is 11.9. The third-order valence-electron chi connectivity index (χ3n) is 3.74. The van der Waals surface area contributed by atoms with E-state index >= 15 is 0 Å². The van der Waals surface area contributed by atoms with Crippen molar-refractivity contribution in [2.45, 2.75) is 37.5 Å². The number of carbonyl (C=O) groups excluding carboxylic acids is 1. The highest BCUT2D eigenvalue weighted by atomic mass is 35.5. The molecule has 1 aliphatic heterocycles.